The van der Waals surface area contributed by atoms with Gasteiger partial charge in [-0.2, -0.15) is 0 Å². The third-order valence-electron chi connectivity index (χ3n) is 3.84. The van der Waals surface area contributed by atoms with Gasteiger partial charge in [0.15, 0.2) is 5.11 Å². The molecule has 0 atom stereocenters. The van der Waals surface area contributed by atoms with Crippen LogP contribution in [0.4, 0.5) is 5.69 Å². The summed E-state index contributed by atoms with van der Waals surface area (Å²) in [7, 11) is 0. The van der Waals surface area contributed by atoms with E-state index in [2.05, 4.69) is 10.6 Å². The van der Waals surface area contributed by atoms with Crippen molar-refractivity contribution in [1.82, 2.24) is 5.32 Å². The summed E-state index contributed by atoms with van der Waals surface area (Å²) in [5.74, 6) is 0.354. The molecule has 0 aliphatic rings. The molecule has 2 N–H and O–H groups in total. The molecule has 28 heavy (non-hydrogen) atoms. The fourth-order valence-corrected chi connectivity index (χ4v) is 2.68. The van der Waals surface area contributed by atoms with Gasteiger partial charge in [0.25, 0.3) is 0 Å². The van der Waals surface area contributed by atoms with Crippen LogP contribution in [0.25, 0.3) is 6.08 Å². The number of carbonyl (C=O) groups is 1. The fourth-order valence-electron chi connectivity index (χ4n) is 2.47. The monoisotopic (exact) mass is 388 g/mol. The molecule has 5 heteroatoms. The number of nitrogens with one attached hydrogen (secondary N) is 2. The molecule has 0 bridgehead atoms. The van der Waals surface area contributed by atoms with E-state index in [1.807, 2.05) is 84.9 Å². The number of amides is 1. The molecule has 0 heterocycles. The van der Waals surface area contributed by atoms with Gasteiger partial charge in [0.2, 0.25) is 5.91 Å². The Morgan fingerprint density at radius 2 is 1.54 bits per heavy atom. The van der Waals surface area contributed by atoms with Crippen molar-refractivity contribution in [2.75, 3.05) is 5.32 Å². The minimum atomic E-state index is -0.302. The standard InChI is InChI=1S/C23H20N2O2S/c26-22(16-15-18-9-3-1-4-10-18)25-23(28)24-20-13-7-8-14-21(20)27-17-19-11-5-2-6-12-19/h1-16H,17H2,(H2,24,25,26,28)/b16-15+. The molecule has 0 unspecified atom stereocenters. The van der Waals surface area contributed by atoms with Crippen LogP contribution < -0.4 is 15.4 Å². The predicted octanol–water partition coefficient (Wildman–Crippen LogP) is 4.79. The first-order valence-electron chi connectivity index (χ1n) is 8.81. The maximum absolute atomic E-state index is 12.1. The largest absolute Gasteiger partial charge is 0.487 e. The minimum Gasteiger partial charge on any atom is -0.487 e. The Kier molecular flexibility index (Phi) is 6.93. The third-order valence-corrected chi connectivity index (χ3v) is 4.04. The summed E-state index contributed by atoms with van der Waals surface area (Å²) < 4.78 is 5.89. The highest BCUT2D eigenvalue weighted by Crippen LogP contribution is 2.24. The number of ether oxygens (including phenoxy) is 1. The molecule has 0 radical (unpaired) electrons. The molecular formula is C23H20N2O2S. The van der Waals surface area contributed by atoms with Crippen LogP contribution in [0.5, 0.6) is 5.75 Å². The van der Waals surface area contributed by atoms with Crippen LogP contribution in [0, 0.1) is 0 Å². The zero-order valence-corrected chi connectivity index (χ0v) is 16.0. The van der Waals surface area contributed by atoms with Crippen LogP contribution in [0.3, 0.4) is 0 Å². The topological polar surface area (TPSA) is 50.4 Å². The Labute approximate surface area is 169 Å². The van der Waals surface area contributed by atoms with Gasteiger partial charge in [0, 0.05) is 6.08 Å². The van der Waals surface area contributed by atoms with Crippen molar-refractivity contribution in [2.24, 2.45) is 0 Å². The number of carbonyl (C=O) groups excluding carboxylic acids is 1. The Hall–Kier alpha value is -3.44. The molecular weight excluding hydrogens is 368 g/mol. The van der Waals surface area contributed by atoms with E-state index in [1.54, 1.807) is 6.08 Å². The molecule has 0 aliphatic carbocycles. The molecule has 0 fully saturated rings. The van der Waals surface area contributed by atoms with Gasteiger partial charge in [-0.1, -0.05) is 72.8 Å². The van der Waals surface area contributed by atoms with Crippen molar-refractivity contribution in [3.63, 3.8) is 0 Å². The number of para-hydroxylation sites is 2. The molecule has 0 saturated heterocycles. The summed E-state index contributed by atoms with van der Waals surface area (Å²) in [6, 6.07) is 26.9. The van der Waals surface area contributed by atoms with Gasteiger partial charge in [-0.05, 0) is 41.6 Å². The molecule has 140 valence electrons. The van der Waals surface area contributed by atoms with Crippen LogP contribution in [0.2, 0.25) is 0 Å². The minimum absolute atomic E-state index is 0.207. The van der Waals surface area contributed by atoms with Crippen molar-refractivity contribution in [3.05, 3.63) is 102 Å². The smallest absolute Gasteiger partial charge is 0.250 e. The van der Waals surface area contributed by atoms with E-state index in [4.69, 9.17) is 17.0 Å². The quantitative estimate of drug-likeness (QED) is 0.471. The molecule has 0 saturated carbocycles. The highest BCUT2D eigenvalue weighted by molar-refractivity contribution is 7.80. The van der Waals surface area contributed by atoms with Gasteiger partial charge < -0.3 is 10.1 Å². The first kappa shape index (κ1) is 19.3. The number of benzene rings is 3. The van der Waals surface area contributed by atoms with Crippen LogP contribution in [0.1, 0.15) is 11.1 Å². The highest BCUT2D eigenvalue weighted by Gasteiger charge is 2.07. The Bertz CT molecular complexity index is 957. The lowest BCUT2D eigenvalue weighted by atomic mass is 10.2. The van der Waals surface area contributed by atoms with E-state index in [1.165, 1.54) is 6.08 Å². The summed E-state index contributed by atoms with van der Waals surface area (Å²) in [4.78, 5) is 12.1. The van der Waals surface area contributed by atoms with E-state index < -0.39 is 0 Å². The first-order chi connectivity index (χ1) is 13.7. The van der Waals surface area contributed by atoms with Gasteiger partial charge in [0.1, 0.15) is 12.4 Å². The molecule has 1 amide bonds. The Morgan fingerprint density at radius 3 is 2.29 bits per heavy atom. The number of anilines is 1. The lowest BCUT2D eigenvalue weighted by molar-refractivity contribution is -0.115. The number of rotatable bonds is 6. The second kappa shape index (κ2) is 10.0. The van der Waals surface area contributed by atoms with Crippen molar-refractivity contribution >= 4 is 35.0 Å². The Morgan fingerprint density at radius 1 is 0.893 bits per heavy atom. The Balaban J connectivity index is 1.56. The van der Waals surface area contributed by atoms with Crippen LogP contribution in [0.15, 0.2) is 91.0 Å². The summed E-state index contributed by atoms with van der Waals surface area (Å²) in [5.41, 5.74) is 2.70. The molecule has 4 nitrogen and oxygen atoms in total. The predicted molar refractivity (Wildman–Crippen MR) is 117 cm³/mol. The number of hydrogen-bond donors (Lipinski definition) is 2. The van der Waals surface area contributed by atoms with Gasteiger partial charge in [-0.15, -0.1) is 0 Å². The lowest BCUT2D eigenvalue weighted by Gasteiger charge is -2.14. The van der Waals surface area contributed by atoms with Crippen molar-refractivity contribution < 1.29 is 9.53 Å². The zero-order valence-electron chi connectivity index (χ0n) is 15.2. The van der Waals surface area contributed by atoms with Crippen molar-refractivity contribution in [2.45, 2.75) is 6.61 Å². The third kappa shape index (κ3) is 6.07. The molecule has 3 aromatic carbocycles. The number of thiocarbonyl (C=S) groups is 1. The fraction of sp³-hybridized carbons (Fsp3) is 0.0435. The normalized spacial score (nSPS) is 10.4. The van der Waals surface area contributed by atoms with E-state index in [0.29, 0.717) is 18.0 Å². The summed E-state index contributed by atoms with van der Waals surface area (Å²) in [6.45, 7) is 0.443. The van der Waals surface area contributed by atoms with Gasteiger partial charge in [0.05, 0.1) is 5.69 Å². The average Bonchev–Trinajstić information content (AvgIpc) is 2.73. The van der Waals surface area contributed by atoms with Crippen LogP contribution >= 0.6 is 12.2 Å². The van der Waals surface area contributed by atoms with Gasteiger partial charge >= 0.3 is 0 Å². The number of hydrogen-bond acceptors (Lipinski definition) is 3. The zero-order chi connectivity index (χ0) is 19.6. The van der Waals surface area contributed by atoms with Crippen LogP contribution in [-0.4, -0.2) is 11.0 Å². The second-order valence-electron chi connectivity index (χ2n) is 5.96. The summed E-state index contributed by atoms with van der Waals surface area (Å²) in [6.07, 6.45) is 3.18. The average molecular weight is 388 g/mol. The second-order valence-corrected chi connectivity index (χ2v) is 6.37. The lowest BCUT2D eigenvalue weighted by Crippen LogP contribution is -2.32. The molecule has 3 rings (SSSR count). The SMILES string of the molecule is O=C(/C=C/c1ccccc1)NC(=S)Nc1ccccc1OCc1ccccc1. The van der Waals surface area contributed by atoms with E-state index in [9.17, 15) is 4.79 Å². The van der Waals surface area contributed by atoms with Gasteiger partial charge in [-0.3, -0.25) is 10.1 Å². The van der Waals surface area contributed by atoms with Crippen molar-refractivity contribution in [1.29, 1.82) is 0 Å². The van der Waals surface area contributed by atoms with Crippen molar-refractivity contribution in [3.8, 4) is 5.75 Å². The maximum atomic E-state index is 12.1. The molecule has 3 aromatic rings. The maximum Gasteiger partial charge on any atom is 0.250 e. The summed E-state index contributed by atoms with van der Waals surface area (Å²) >= 11 is 5.25. The summed E-state index contributed by atoms with van der Waals surface area (Å²) in [5, 5.41) is 5.86. The van der Waals surface area contributed by atoms with Crippen LogP contribution in [-0.2, 0) is 11.4 Å². The first-order valence-corrected chi connectivity index (χ1v) is 9.22. The van der Waals surface area contributed by atoms with E-state index in [0.717, 1.165) is 11.1 Å². The van der Waals surface area contributed by atoms with E-state index >= 15 is 0 Å². The highest BCUT2D eigenvalue weighted by atomic mass is 32.1. The molecule has 0 aromatic heterocycles. The molecule has 0 spiro atoms. The van der Waals surface area contributed by atoms with E-state index in [-0.39, 0.29) is 11.0 Å². The molecule has 0 aliphatic heterocycles. The van der Waals surface area contributed by atoms with Gasteiger partial charge in [-0.25, -0.2) is 0 Å².